The molecule has 0 bridgehead atoms. The predicted octanol–water partition coefficient (Wildman–Crippen LogP) is -0.914. The second-order valence-electron chi connectivity index (χ2n) is 3.69. The van der Waals surface area contributed by atoms with Gasteiger partial charge in [0.1, 0.15) is 18.4 Å². The van der Waals surface area contributed by atoms with Gasteiger partial charge in [0.05, 0.1) is 6.61 Å². The first kappa shape index (κ1) is 12.0. The van der Waals surface area contributed by atoms with Crippen molar-refractivity contribution in [3.63, 3.8) is 0 Å². The van der Waals surface area contributed by atoms with Crippen LogP contribution in [0.3, 0.4) is 0 Å². The molecule has 0 radical (unpaired) electrons. The van der Waals surface area contributed by atoms with E-state index in [2.05, 4.69) is 9.93 Å². The lowest BCUT2D eigenvalue weighted by atomic mass is 10.2. The molecule has 0 unspecified atom stereocenters. The summed E-state index contributed by atoms with van der Waals surface area (Å²) < 4.78 is 18.5. The van der Waals surface area contributed by atoms with Crippen molar-refractivity contribution in [3.05, 3.63) is 33.1 Å². The zero-order chi connectivity index (χ0) is 12.4. The first-order valence-electron chi connectivity index (χ1n) is 5.01. The number of ether oxygens (including phenoxy) is 1. The van der Waals surface area contributed by atoms with Gasteiger partial charge >= 0.3 is 5.69 Å². The summed E-state index contributed by atoms with van der Waals surface area (Å²) in [5.41, 5.74) is -1.18. The molecule has 2 N–H and O–H groups in total. The molecule has 0 saturated carbocycles. The zero-order valence-corrected chi connectivity index (χ0v) is 8.71. The Hall–Kier alpha value is -1.51. The third-order valence-corrected chi connectivity index (χ3v) is 2.64. The van der Waals surface area contributed by atoms with Crippen molar-refractivity contribution in [2.75, 3.05) is 6.61 Å². The van der Waals surface area contributed by atoms with Crippen LogP contribution in [0, 0.1) is 0 Å². The zero-order valence-electron chi connectivity index (χ0n) is 8.71. The summed E-state index contributed by atoms with van der Waals surface area (Å²) in [6, 6.07) is 1.16. The molecule has 0 aromatic carbocycles. The van der Waals surface area contributed by atoms with Crippen molar-refractivity contribution < 1.29 is 19.3 Å². The van der Waals surface area contributed by atoms with E-state index in [1.54, 1.807) is 0 Å². The van der Waals surface area contributed by atoms with Gasteiger partial charge in [-0.05, 0) is 4.53 Å². The van der Waals surface area contributed by atoms with Gasteiger partial charge in [0.15, 0.2) is 0 Å². The average molecular weight is 246 g/mol. The van der Waals surface area contributed by atoms with E-state index in [-0.39, 0.29) is 6.42 Å². The van der Waals surface area contributed by atoms with Crippen molar-refractivity contribution in [2.45, 2.75) is 24.9 Å². The van der Waals surface area contributed by atoms with Crippen molar-refractivity contribution in [2.24, 2.45) is 0 Å². The highest BCUT2D eigenvalue weighted by Gasteiger charge is 2.37. The number of aromatic nitrogens is 2. The highest BCUT2D eigenvalue weighted by Crippen LogP contribution is 2.29. The number of halogens is 1. The van der Waals surface area contributed by atoms with Crippen LogP contribution in [0.25, 0.3) is 0 Å². The number of aliphatic hydroxyl groups excluding tert-OH is 1. The van der Waals surface area contributed by atoms with Gasteiger partial charge in [-0.25, -0.2) is 4.79 Å². The summed E-state index contributed by atoms with van der Waals surface area (Å²) in [6.07, 6.45) is -1.20. The normalized spacial score (nSPS) is 28.5. The summed E-state index contributed by atoms with van der Waals surface area (Å²) in [7, 11) is 0. The number of rotatable bonds is 3. The van der Waals surface area contributed by atoms with E-state index < -0.39 is 36.3 Å². The largest absolute Gasteiger partial charge is 0.394 e. The molecule has 1 aromatic rings. The Bertz CT molecular complexity index is 487. The lowest BCUT2D eigenvalue weighted by molar-refractivity contribution is -0.197. The van der Waals surface area contributed by atoms with Crippen LogP contribution in [0.1, 0.15) is 12.6 Å². The number of hydrogen-bond acceptors (Lipinski definition) is 5. The molecule has 17 heavy (non-hydrogen) atoms. The Morgan fingerprint density at radius 3 is 2.94 bits per heavy atom. The molecule has 1 aliphatic heterocycles. The van der Waals surface area contributed by atoms with Crippen LogP contribution < -0.4 is 11.2 Å². The van der Waals surface area contributed by atoms with E-state index in [9.17, 15) is 14.1 Å². The quantitative estimate of drug-likeness (QED) is 0.719. The molecule has 1 fully saturated rings. The summed E-state index contributed by atoms with van der Waals surface area (Å²) in [6.45, 7) is -0.414. The molecule has 94 valence electrons. The SMILES string of the molecule is O=c1ccn([C@H]2C[C@H](OF)[C@@H](CO)O2)c(=O)[nH]1. The molecule has 1 aromatic heterocycles. The van der Waals surface area contributed by atoms with Crippen molar-refractivity contribution in [1.29, 1.82) is 0 Å². The first-order valence-corrected chi connectivity index (χ1v) is 5.01. The van der Waals surface area contributed by atoms with Gasteiger partial charge in [0.2, 0.25) is 0 Å². The lowest BCUT2D eigenvalue weighted by Gasteiger charge is -2.13. The highest BCUT2D eigenvalue weighted by atomic mass is 19.3. The molecule has 2 rings (SSSR count). The smallest absolute Gasteiger partial charge is 0.330 e. The molecule has 3 atom stereocenters. The van der Waals surface area contributed by atoms with E-state index in [1.165, 1.54) is 6.20 Å². The van der Waals surface area contributed by atoms with Crippen molar-refractivity contribution >= 4 is 0 Å². The van der Waals surface area contributed by atoms with Crippen LogP contribution in [0.15, 0.2) is 21.9 Å². The fourth-order valence-corrected chi connectivity index (χ4v) is 1.78. The second kappa shape index (κ2) is 4.78. The van der Waals surface area contributed by atoms with Crippen LogP contribution in [-0.2, 0) is 9.68 Å². The number of aromatic amines is 1. The third-order valence-electron chi connectivity index (χ3n) is 2.64. The van der Waals surface area contributed by atoms with Gasteiger partial charge in [-0.15, -0.1) is 0 Å². The minimum atomic E-state index is -0.927. The predicted molar refractivity (Wildman–Crippen MR) is 52.9 cm³/mol. The Labute approximate surface area is 94.3 Å². The van der Waals surface area contributed by atoms with Gasteiger partial charge in [0, 0.05) is 18.7 Å². The Kier molecular flexibility index (Phi) is 3.36. The molecule has 0 spiro atoms. The van der Waals surface area contributed by atoms with Crippen LogP contribution in [-0.4, -0.2) is 33.5 Å². The highest BCUT2D eigenvalue weighted by molar-refractivity contribution is 4.88. The number of nitrogens with zero attached hydrogens (tertiary/aromatic N) is 1. The van der Waals surface area contributed by atoms with Gasteiger partial charge in [-0.3, -0.25) is 14.3 Å². The molecule has 0 aliphatic carbocycles. The van der Waals surface area contributed by atoms with Crippen molar-refractivity contribution in [1.82, 2.24) is 9.55 Å². The van der Waals surface area contributed by atoms with Crippen molar-refractivity contribution in [3.8, 4) is 0 Å². The maximum absolute atomic E-state index is 12.2. The van der Waals surface area contributed by atoms with Gasteiger partial charge < -0.3 is 9.84 Å². The summed E-state index contributed by atoms with van der Waals surface area (Å²) in [4.78, 5) is 28.0. The maximum atomic E-state index is 12.2. The monoisotopic (exact) mass is 246 g/mol. The van der Waals surface area contributed by atoms with Crippen LogP contribution >= 0.6 is 0 Å². The number of aliphatic hydroxyl groups is 1. The topological polar surface area (TPSA) is 93.5 Å². The second-order valence-corrected chi connectivity index (χ2v) is 3.69. The third kappa shape index (κ3) is 2.28. The maximum Gasteiger partial charge on any atom is 0.330 e. The molecule has 1 saturated heterocycles. The molecular weight excluding hydrogens is 235 g/mol. The van der Waals surface area contributed by atoms with E-state index in [4.69, 9.17) is 9.84 Å². The summed E-state index contributed by atoms with van der Waals surface area (Å²) >= 11 is 0. The first-order chi connectivity index (χ1) is 8.15. The van der Waals surface area contributed by atoms with Gasteiger partial charge in [-0.1, -0.05) is 0 Å². The van der Waals surface area contributed by atoms with Crippen LogP contribution in [0.5, 0.6) is 0 Å². The standard InChI is InChI=1S/C9H11FN2O5/c10-17-5-3-8(16-6(5)4-13)12-2-1-7(14)11-9(12)15/h1-2,5-6,8,13H,3-4H2,(H,11,14,15)/t5-,6+,8+/m0/s1. The molecule has 0 amide bonds. The molecule has 8 heteroatoms. The van der Waals surface area contributed by atoms with E-state index >= 15 is 0 Å². The molecular formula is C9H11FN2O5. The number of nitrogens with one attached hydrogen (secondary N) is 1. The summed E-state index contributed by atoms with van der Waals surface area (Å²) in [5.74, 6) is 0. The molecule has 1 aliphatic rings. The molecule has 2 heterocycles. The van der Waals surface area contributed by atoms with Crippen LogP contribution in [0.4, 0.5) is 4.53 Å². The molecule has 7 nitrogen and oxygen atoms in total. The van der Waals surface area contributed by atoms with E-state index in [0.29, 0.717) is 0 Å². The average Bonchev–Trinajstić information content (AvgIpc) is 2.72. The fourth-order valence-electron chi connectivity index (χ4n) is 1.78. The fraction of sp³-hybridized carbons (Fsp3) is 0.556. The van der Waals surface area contributed by atoms with Crippen LogP contribution in [0.2, 0.25) is 0 Å². The van der Waals surface area contributed by atoms with Gasteiger partial charge in [0.25, 0.3) is 5.56 Å². The van der Waals surface area contributed by atoms with Gasteiger partial charge in [-0.2, -0.15) is 4.94 Å². The summed E-state index contributed by atoms with van der Waals surface area (Å²) in [5, 5.41) is 8.93. The van der Waals surface area contributed by atoms with E-state index in [1.807, 2.05) is 0 Å². The number of hydrogen-bond donors (Lipinski definition) is 2. The number of H-pyrrole nitrogens is 1. The minimum absolute atomic E-state index is 0.0771. The lowest BCUT2D eigenvalue weighted by Crippen LogP contribution is -2.31. The Morgan fingerprint density at radius 1 is 1.65 bits per heavy atom. The Balaban J connectivity index is 2.25. The Morgan fingerprint density at radius 2 is 2.41 bits per heavy atom. The minimum Gasteiger partial charge on any atom is -0.394 e. The van der Waals surface area contributed by atoms with E-state index in [0.717, 1.165) is 10.6 Å².